The number of hydroxylamine groups is 2. The molecule has 0 amide bonds. The molecule has 0 aliphatic carbocycles. The number of hydrogen-bond acceptors (Lipinski definition) is 7. The molecule has 7 nitrogen and oxygen atoms in total. The van der Waals surface area contributed by atoms with Gasteiger partial charge in [-0.1, -0.05) is 45.2 Å². The van der Waals surface area contributed by atoms with Gasteiger partial charge in [0, 0.05) is 11.1 Å². The number of nitrogens with zero attached hydrogens (tertiary/aromatic N) is 1. The molecule has 1 saturated heterocycles. The van der Waals surface area contributed by atoms with Gasteiger partial charge in [-0.15, -0.1) is 0 Å². The molecule has 0 radical (unpaired) electrons. The van der Waals surface area contributed by atoms with Crippen LogP contribution in [0.2, 0.25) is 0 Å². The average molecular weight is 611 g/mol. The molecule has 3 unspecified atom stereocenters. The molecule has 1 fully saturated rings. The van der Waals surface area contributed by atoms with Crippen molar-refractivity contribution in [3.63, 3.8) is 0 Å². The fraction of sp³-hybridized carbons (Fsp3) is 0.889. The SMILES string of the molecule is CC(I)C(=O)OCC(COC1CC(C)(C)N(O)C(C)(C)C1)OC(=O)C(C)I. The zero-order chi connectivity index (χ0) is 21.0. The molecule has 1 heterocycles. The van der Waals surface area contributed by atoms with Gasteiger partial charge in [-0.2, -0.15) is 5.06 Å². The molecule has 1 N–H and O–H groups in total. The molecule has 0 aromatic heterocycles. The molecular formula is C18H31I2NO6. The van der Waals surface area contributed by atoms with Gasteiger partial charge < -0.3 is 19.4 Å². The predicted molar refractivity (Wildman–Crippen MR) is 119 cm³/mol. The second kappa shape index (κ2) is 10.4. The lowest BCUT2D eigenvalue weighted by molar-refractivity contribution is -0.262. The summed E-state index contributed by atoms with van der Waals surface area (Å²) in [6.45, 7) is 11.4. The molecule has 9 heteroatoms. The number of esters is 2. The Bertz CT molecular complexity index is 506. The van der Waals surface area contributed by atoms with Crippen molar-refractivity contribution in [3.05, 3.63) is 0 Å². The number of carbonyl (C=O) groups excluding carboxylic acids is 2. The third-order valence-corrected chi connectivity index (χ3v) is 5.48. The minimum atomic E-state index is -0.660. The van der Waals surface area contributed by atoms with Crippen LogP contribution in [0.1, 0.15) is 54.4 Å². The molecule has 0 saturated carbocycles. The van der Waals surface area contributed by atoms with Crippen LogP contribution in [0.3, 0.4) is 0 Å². The van der Waals surface area contributed by atoms with E-state index in [-0.39, 0.29) is 39.1 Å². The lowest BCUT2D eigenvalue weighted by atomic mass is 9.80. The second-order valence-electron chi connectivity index (χ2n) is 8.22. The summed E-state index contributed by atoms with van der Waals surface area (Å²) < 4.78 is 16.1. The fourth-order valence-corrected chi connectivity index (χ4v) is 3.53. The third kappa shape index (κ3) is 7.90. The first kappa shape index (κ1) is 25.3. The first-order valence-corrected chi connectivity index (χ1v) is 11.5. The maximum Gasteiger partial charge on any atom is 0.319 e. The average Bonchev–Trinajstić information content (AvgIpc) is 2.53. The summed E-state index contributed by atoms with van der Waals surface area (Å²) in [5.74, 6) is -0.719. The number of ether oxygens (including phenoxy) is 3. The smallest absolute Gasteiger partial charge is 0.319 e. The van der Waals surface area contributed by atoms with E-state index in [2.05, 4.69) is 0 Å². The van der Waals surface area contributed by atoms with Crippen LogP contribution >= 0.6 is 45.2 Å². The Hall–Kier alpha value is 0.280. The largest absolute Gasteiger partial charge is 0.461 e. The Labute approximate surface area is 189 Å². The normalized spacial score (nSPS) is 23.3. The van der Waals surface area contributed by atoms with E-state index in [0.29, 0.717) is 12.8 Å². The third-order valence-electron chi connectivity index (χ3n) is 4.46. The van der Waals surface area contributed by atoms with E-state index < -0.39 is 17.2 Å². The maximum absolute atomic E-state index is 12.0. The van der Waals surface area contributed by atoms with Gasteiger partial charge in [0.25, 0.3) is 0 Å². The van der Waals surface area contributed by atoms with Crippen LogP contribution in [0.4, 0.5) is 0 Å². The summed E-state index contributed by atoms with van der Waals surface area (Å²) in [6.07, 6.45) is 0.518. The number of piperidine rings is 1. The molecule has 0 spiro atoms. The highest BCUT2D eigenvalue weighted by Crippen LogP contribution is 2.37. The molecule has 0 aromatic carbocycles. The first-order valence-electron chi connectivity index (χ1n) is 9.02. The van der Waals surface area contributed by atoms with E-state index in [0.717, 1.165) is 0 Å². The van der Waals surface area contributed by atoms with Crippen LogP contribution < -0.4 is 0 Å². The van der Waals surface area contributed by atoms with Crippen molar-refractivity contribution in [2.75, 3.05) is 13.2 Å². The van der Waals surface area contributed by atoms with Gasteiger partial charge in [-0.3, -0.25) is 9.59 Å². The minimum absolute atomic E-state index is 0.0348. The summed E-state index contributed by atoms with van der Waals surface area (Å²) in [5, 5.41) is 11.8. The van der Waals surface area contributed by atoms with Crippen LogP contribution in [-0.4, -0.2) is 66.6 Å². The molecule has 1 aliphatic heterocycles. The van der Waals surface area contributed by atoms with E-state index in [1.165, 1.54) is 5.06 Å². The van der Waals surface area contributed by atoms with Crippen molar-refractivity contribution in [1.82, 2.24) is 5.06 Å². The van der Waals surface area contributed by atoms with E-state index in [9.17, 15) is 14.8 Å². The number of carbonyl (C=O) groups is 2. The van der Waals surface area contributed by atoms with Gasteiger partial charge in [-0.05, 0) is 54.4 Å². The highest BCUT2D eigenvalue weighted by Gasteiger charge is 2.45. The van der Waals surface area contributed by atoms with Crippen molar-refractivity contribution >= 4 is 57.1 Å². The Balaban J connectivity index is 2.71. The van der Waals surface area contributed by atoms with Crippen molar-refractivity contribution in [2.45, 2.75) is 85.5 Å². The molecule has 1 aliphatic rings. The zero-order valence-electron chi connectivity index (χ0n) is 16.8. The van der Waals surface area contributed by atoms with Crippen LogP contribution in [-0.2, 0) is 23.8 Å². The quantitative estimate of drug-likeness (QED) is 0.256. The van der Waals surface area contributed by atoms with Crippen molar-refractivity contribution in [1.29, 1.82) is 0 Å². The first-order chi connectivity index (χ1) is 12.3. The summed E-state index contributed by atoms with van der Waals surface area (Å²) in [7, 11) is 0. The Kier molecular flexibility index (Phi) is 9.71. The van der Waals surface area contributed by atoms with Gasteiger partial charge in [0.1, 0.15) is 14.5 Å². The molecule has 1 rings (SSSR count). The lowest BCUT2D eigenvalue weighted by Gasteiger charge is -2.51. The van der Waals surface area contributed by atoms with E-state index in [1.54, 1.807) is 13.8 Å². The van der Waals surface area contributed by atoms with Crippen molar-refractivity contribution in [3.8, 4) is 0 Å². The van der Waals surface area contributed by atoms with E-state index in [1.807, 2.05) is 72.9 Å². The van der Waals surface area contributed by atoms with Crippen LogP contribution in [0, 0.1) is 0 Å². The summed E-state index contributed by atoms with van der Waals surface area (Å²) >= 11 is 3.95. The number of halogens is 2. The molecule has 158 valence electrons. The standard InChI is InChI=1S/C18H31I2NO6/c1-11(19)15(22)26-10-14(27-16(23)12(2)20)9-25-13-7-17(3,4)21(24)18(5,6)8-13/h11-14,24H,7-10H2,1-6H3. The molecule has 0 aromatic rings. The van der Waals surface area contributed by atoms with Crippen LogP contribution in [0.15, 0.2) is 0 Å². The molecular weight excluding hydrogens is 580 g/mol. The Morgan fingerprint density at radius 3 is 1.96 bits per heavy atom. The van der Waals surface area contributed by atoms with Crippen LogP contribution in [0.5, 0.6) is 0 Å². The summed E-state index contributed by atoms with van der Waals surface area (Å²) in [6, 6.07) is 0. The lowest BCUT2D eigenvalue weighted by Crippen LogP contribution is -2.60. The van der Waals surface area contributed by atoms with Gasteiger partial charge in [0.15, 0.2) is 6.10 Å². The topological polar surface area (TPSA) is 85.3 Å². The minimum Gasteiger partial charge on any atom is -0.461 e. The van der Waals surface area contributed by atoms with Gasteiger partial charge in [-0.25, -0.2) is 0 Å². The fourth-order valence-electron chi connectivity index (χ4n) is 3.20. The Morgan fingerprint density at radius 2 is 1.52 bits per heavy atom. The monoisotopic (exact) mass is 611 g/mol. The van der Waals surface area contributed by atoms with Gasteiger partial charge in [0.05, 0.1) is 12.7 Å². The van der Waals surface area contributed by atoms with E-state index in [4.69, 9.17) is 14.2 Å². The van der Waals surface area contributed by atoms with E-state index >= 15 is 0 Å². The summed E-state index contributed by atoms with van der Waals surface area (Å²) in [5.41, 5.74) is -0.864. The predicted octanol–water partition coefficient (Wildman–Crippen LogP) is 3.52. The Morgan fingerprint density at radius 1 is 1.04 bits per heavy atom. The van der Waals surface area contributed by atoms with Gasteiger partial charge in [0.2, 0.25) is 0 Å². The molecule has 27 heavy (non-hydrogen) atoms. The number of hydrogen-bond donors (Lipinski definition) is 1. The maximum atomic E-state index is 12.0. The zero-order valence-corrected chi connectivity index (χ0v) is 21.1. The van der Waals surface area contributed by atoms with Gasteiger partial charge >= 0.3 is 11.9 Å². The molecule has 3 atom stereocenters. The number of alkyl halides is 2. The highest BCUT2D eigenvalue weighted by molar-refractivity contribution is 14.1. The van der Waals surface area contributed by atoms with Crippen LogP contribution in [0.25, 0.3) is 0 Å². The second-order valence-corrected chi connectivity index (χ2v) is 12.0. The van der Waals surface area contributed by atoms with Crippen molar-refractivity contribution < 1.29 is 29.0 Å². The highest BCUT2D eigenvalue weighted by atomic mass is 127. The number of rotatable bonds is 8. The molecule has 0 bridgehead atoms. The van der Waals surface area contributed by atoms with Crippen molar-refractivity contribution in [2.24, 2.45) is 0 Å². The summed E-state index contributed by atoms with van der Waals surface area (Å²) in [4.78, 5) is 23.7.